The summed E-state index contributed by atoms with van der Waals surface area (Å²) in [4.78, 5) is -0.611. The molecule has 2 rings (SSSR count). The van der Waals surface area contributed by atoms with Gasteiger partial charge in [-0.1, -0.05) is 19.3 Å². The summed E-state index contributed by atoms with van der Waals surface area (Å²) in [5.41, 5.74) is 4.37. The first-order valence-electron chi connectivity index (χ1n) is 6.15. The molecule has 0 atom stereocenters. The molecule has 1 aromatic rings. The van der Waals surface area contributed by atoms with E-state index in [4.69, 9.17) is 5.73 Å². The van der Waals surface area contributed by atoms with E-state index in [1.54, 1.807) is 0 Å². The minimum atomic E-state index is -3.98. The van der Waals surface area contributed by atoms with Gasteiger partial charge in [0.05, 0.1) is 0 Å². The normalized spacial score (nSPS) is 16.3. The lowest BCUT2D eigenvalue weighted by molar-refractivity contribution is 0.297. The Labute approximate surface area is 111 Å². The van der Waals surface area contributed by atoms with Gasteiger partial charge in [0.1, 0.15) is 16.4 Å². The third kappa shape index (κ3) is 3.03. The second kappa shape index (κ2) is 5.42. The van der Waals surface area contributed by atoms with Crippen LogP contribution in [-0.2, 0) is 10.0 Å². The molecule has 0 bridgehead atoms. The smallest absolute Gasteiger partial charge is 0.243 e. The number of hydrogen-bond acceptors (Lipinski definition) is 3. The summed E-state index contributed by atoms with van der Waals surface area (Å²) in [6.45, 7) is 0.254. The predicted octanol–water partition coefficient (Wildman–Crippen LogP) is 2.02. The molecule has 1 aliphatic carbocycles. The largest absolute Gasteiger partial charge is 0.394 e. The van der Waals surface area contributed by atoms with Crippen molar-refractivity contribution >= 4 is 15.7 Å². The molecule has 1 fully saturated rings. The first kappa shape index (κ1) is 14.2. The van der Waals surface area contributed by atoms with Gasteiger partial charge < -0.3 is 5.73 Å². The number of hydrogen-bond donors (Lipinski definition) is 2. The number of halogens is 2. The van der Waals surface area contributed by atoms with Gasteiger partial charge in [-0.2, -0.15) is 0 Å². The lowest BCUT2D eigenvalue weighted by atomic mass is 9.83. The highest BCUT2D eigenvalue weighted by molar-refractivity contribution is 7.89. The number of rotatable bonds is 5. The van der Waals surface area contributed by atoms with Crippen LogP contribution in [0.15, 0.2) is 17.0 Å². The van der Waals surface area contributed by atoms with Crippen molar-refractivity contribution in [3.05, 3.63) is 23.8 Å². The van der Waals surface area contributed by atoms with Crippen LogP contribution in [0.1, 0.15) is 25.7 Å². The number of anilines is 1. The predicted molar refractivity (Wildman–Crippen MR) is 67.9 cm³/mol. The number of nitrogens with one attached hydrogen (secondary N) is 1. The second-order valence-electron chi connectivity index (χ2n) is 4.76. The van der Waals surface area contributed by atoms with E-state index in [2.05, 4.69) is 4.72 Å². The molecule has 3 N–H and O–H groups in total. The molecule has 0 aromatic heterocycles. The summed E-state index contributed by atoms with van der Waals surface area (Å²) in [7, 11) is -3.98. The maximum atomic E-state index is 13.6. The van der Waals surface area contributed by atoms with E-state index >= 15 is 0 Å². The third-order valence-electron chi connectivity index (χ3n) is 3.45. The van der Waals surface area contributed by atoms with Crippen LogP contribution in [0.3, 0.4) is 0 Å². The molecule has 0 amide bonds. The second-order valence-corrected chi connectivity index (χ2v) is 6.49. The number of benzene rings is 1. The summed E-state index contributed by atoms with van der Waals surface area (Å²) in [5, 5.41) is 0. The number of nitrogen functional groups attached to an aromatic ring is 1. The van der Waals surface area contributed by atoms with Gasteiger partial charge in [-0.3, -0.25) is 0 Å². The standard InChI is InChI=1S/C12H16F2N2O2S/c13-9-4-5-10(11(14)12(9)15)19(17,18)16-7-6-8-2-1-3-8/h4-5,8,16H,1-3,6-7,15H2. The quantitative estimate of drug-likeness (QED) is 0.815. The zero-order valence-electron chi connectivity index (χ0n) is 10.3. The Morgan fingerprint density at radius 2 is 2.00 bits per heavy atom. The van der Waals surface area contributed by atoms with E-state index < -0.39 is 32.2 Å². The summed E-state index contributed by atoms with van der Waals surface area (Å²) < 4.78 is 52.7. The van der Waals surface area contributed by atoms with Gasteiger partial charge in [-0.05, 0) is 24.5 Å². The zero-order valence-corrected chi connectivity index (χ0v) is 11.1. The lowest BCUT2D eigenvalue weighted by Crippen LogP contribution is -2.28. The number of sulfonamides is 1. The Hall–Kier alpha value is -1.21. The average molecular weight is 290 g/mol. The van der Waals surface area contributed by atoms with E-state index in [1.165, 1.54) is 6.42 Å². The molecule has 0 radical (unpaired) electrons. The molecule has 0 aliphatic heterocycles. The molecule has 0 unspecified atom stereocenters. The monoisotopic (exact) mass is 290 g/mol. The molecule has 7 heteroatoms. The summed E-state index contributed by atoms with van der Waals surface area (Å²) in [6.07, 6.45) is 4.14. The minimum Gasteiger partial charge on any atom is -0.394 e. The Morgan fingerprint density at radius 1 is 1.32 bits per heavy atom. The van der Waals surface area contributed by atoms with Gasteiger partial charge in [0.15, 0.2) is 5.82 Å². The molecule has 1 aliphatic rings. The molecule has 0 saturated heterocycles. The Bertz CT molecular complexity index is 571. The van der Waals surface area contributed by atoms with Crippen LogP contribution in [0.5, 0.6) is 0 Å². The first-order chi connectivity index (χ1) is 8.92. The van der Waals surface area contributed by atoms with E-state index in [0.717, 1.165) is 31.4 Å². The molecule has 106 valence electrons. The van der Waals surface area contributed by atoms with Gasteiger partial charge in [0.2, 0.25) is 10.0 Å². The van der Waals surface area contributed by atoms with E-state index in [9.17, 15) is 17.2 Å². The average Bonchev–Trinajstić information content (AvgIpc) is 2.29. The van der Waals surface area contributed by atoms with Crippen LogP contribution in [0.4, 0.5) is 14.5 Å². The fourth-order valence-corrected chi connectivity index (χ4v) is 3.15. The topological polar surface area (TPSA) is 72.2 Å². The highest BCUT2D eigenvalue weighted by Gasteiger charge is 2.23. The maximum absolute atomic E-state index is 13.6. The van der Waals surface area contributed by atoms with Gasteiger partial charge in [0.25, 0.3) is 0 Å². The van der Waals surface area contributed by atoms with Crippen molar-refractivity contribution in [2.45, 2.75) is 30.6 Å². The fourth-order valence-electron chi connectivity index (χ4n) is 2.01. The Kier molecular flexibility index (Phi) is 4.05. The van der Waals surface area contributed by atoms with Gasteiger partial charge in [-0.25, -0.2) is 21.9 Å². The van der Waals surface area contributed by atoms with Crippen molar-refractivity contribution in [3.8, 4) is 0 Å². The van der Waals surface area contributed by atoms with Crippen molar-refractivity contribution in [3.63, 3.8) is 0 Å². The minimum absolute atomic E-state index is 0.254. The highest BCUT2D eigenvalue weighted by Crippen LogP contribution is 2.29. The van der Waals surface area contributed by atoms with Crippen LogP contribution in [0, 0.1) is 17.6 Å². The van der Waals surface area contributed by atoms with Crippen LogP contribution < -0.4 is 10.5 Å². The zero-order chi connectivity index (χ0) is 14.0. The molecule has 0 heterocycles. The van der Waals surface area contributed by atoms with E-state index in [0.29, 0.717) is 5.92 Å². The fraction of sp³-hybridized carbons (Fsp3) is 0.500. The Balaban J connectivity index is 2.08. The van der Waals surface area contributed by atoms with Gasteiger partial charge in [0, 0.05) is 6.54 Å². The van der Waals surface area contributed by atoms with E-state index in [1.807, 2.05) is 0 Å². The van der Waals surface area contributed by atoms with Crippen molar-refractivity contribution in [1.82, 2.24) is 4.72 Å². The van der Waals surface area contributed by atoms with Crippen LogP contribution in [0.25, 0.3) is 0 Å². The molecule has 1 saturated carbocycles. The van der Waals surface area contributed by atoms with Crippen molar-refractivity contribution in [1.29, 1.82) is 0 Å². The summed E-state index contributed by atoms with van der Waals surface area (Å²) in [5.74, 6) is -1.66. The third-order valence-corrected chi connectivity index (χ3v) is 4.93. The van der Waals surface area contributed by atoms with Crippen LogP contribution >= 0.6 is 0 Å². The molecular formula is C12H16F2N2O2S. The van der Waals surface area contributed by atoms with Gasteiger partial charge in [-0.15, -0.1) is 0 Å². The maximum Gasteiger partial charge on any atom is 0.243 e. The van der Waals surface area contributed by atoms with Crippen molar-refractivity contribution < 1.29 is 17.2 Å². The summed E-state index contributed by atoms with van der Waals surface area (Å²) >= 11 is 0. The lowest BCUT2D eigenvalue weighted by Gasteiger charge is -2.25. The first-order valence-corrected chi connectivity index (χ1v) is 7.63. The highest BCUT2D eigenvalue weighted by atomic mass is 32.2. The molecule has 19 heavy (non-hydrogen) atoms. The number of nitrogens with two attached hydrogens (primary N) is 1. The molecule has 4 nitrogen and oxygen atoms in total. The molecular weight excluding hydrogens is 274 g/mol. The van der Waals surface area contributed by atoms with Gasteiger partial charge >= 0.3 is 0 Å². The van der Waals surface area contributed by atoms with Crippen molar-refractivity contribution in [2.24, 2.45) is 5.92 Å². The molecule has 0 spiro atoms. The van der Waals surface area contributed by atoms with Crippen LogP contribution in [0.2, 0.25) is 0 Å². The summed E-state index contributed by atoms with van der Waals surface area (Å²) in [6, 6.07) is 1.73. The van der Waals surface area contributed by atoms with Crippen molar-refractivity contribution in [2.75, 3.05) is 12.3 Å². The molecule has 1 aromatic carbocycles. The van der Waals surface area contributed by atoms with E-state index in [-0.39, 0.29) is 6.54 Å². The Morgan fingerprint density at radius 3 is 2.58 bits per heavy atom. The van der Waals surface area contributed by atoms with Crippen LogP contribution in [-0.4, -0.2) is 15.0 Å². The SMILES string of the molecule is Nc1c(F)ccc(S(=O)(=O)NCCC2CCC2)c1F.